The molecule has 2 rings (SSSR count). The molecule has 0 bridgehead atoms. The fourth-order valence-corrected chi connectivity index (χ4v) is 2.53. The van der Waals surface area contributed by atoms with Gasteiger partial charge in [0.1, 0.15) is 0 Å². The second-order valence-corrected chi connectivity index (χ2v) is 5.49. The highest BCUT2D eigenvalue weighted by Gasteiger charge is 2.35. The van der Waals surface area contributed by atoms with E-state index in [-0.39, 0.29) is 5.13 Å². The zero-order chi connectivity index (χ0) is 14.4. The average molecular weight is 310 g/mol. The van der Waals surface area contributed by atoms with E-state index >= 15 is 0 Å². The van der Waals surface area contributed by atoms with Crippen LogP contribution in [-0.2, 0) is 10.9 Å². The van der Waals surface area contributed by atoms with Crippen LogP contribution in [0.15, 0.2) is 0 Å². The van der Waals surface area contributed by atoms with Gasteiger partial charge in [0, 0.05) is 13.2 Å². The maximum atomic E-state index is 12.3. The number of ether oxygens (including phenoxy) is 1. The fourth-order valence-electron chi connectivity index (χ4n) is 1.89. The largest absolute Gasteiger partial charge is 0.445 e. The topological polar surface area (TPSA) is 59.1 Å². The Kier molecular flexibility index (Phi) is 5.55. The van der Waals surface area contributed by atoms with Crippen LogP contribution in [0.1, 0.15) is 24.3 Å². The van der Waals surface area contributed by atoms with Gasteiger partial charge in [-0.1, -0.05) is 11.3 Å². The summed E-state index contributed by atoms with van der Waals surface area (Å²) in [5, 5.41) is 11.9. The molecule has 114 valence electrons. The van der Waals surface area contributed by atoms with Crippen molar-refractivity contribution in [3.05, 3.63) is 5.01 Å². The fraction of sp³-hybridized carbons (Fsp3) is 0.818. The summed E-state index contributed by atoms with van der Waals surface area (Å²) in [5.41, 5.74) is 0. The van der Waals surface area contributed by atoms with Gasteiger partial charge in [-0.2, -0.15) is 13.2 Å². The first kappa shape index (κ1) is 15.5. The van der Waals surface area contributed by atoms with Crippen molar-refractivity contribution in [3.63, 3.8) is 0 Å². The van der Waals surface area contributed by atoms with E-state index in [0.717, 1.165) is 32.4 Å². The molecule has 1 aromatic rings. The molecule has 0 aliphatic carbocycles. The van der Waals surface area contributed by atoms with E-state index in [0.29, 0.717) is 30.6 Å². The molecule has 9 heteroatoms. The third-order valence-corrected chi connectivity index (χ3v) is 3.83. The Hall–Kier alpha value is -0.930. The summed E-state index contributed by atoms with van der Waals surface area (Å²) in [4.78, 5) is 0. The van der Waals surface area contributed by atoms with Gasteiger partial charge < -0.3 is 15.4 Å². The van der Waals surface area contributed by atoms with Gasteiger partial charge in [0.15, 0.2) is 0 Å². The molecule has 0 atom stereocenters. The molecule has 1 saturated heterocycles. The van der Waals surface area contributed by atoms with E-state index in [1.54, 1.807) is 0 Å². The molecule has 1 aromatic heterocycles. The van der Waals surface area contributed by atoms with E-state index in [9.17, 15) is 13.2 Å². The first-order valence-electron chi connectivity index (χ1n) is 6.52. The molecule has 0 saturated carbocycles. The molecule has 1 aliphatic rings. The maximum Gasteiger partial charge on any atom is 0.445 e. The third kappa shape index (κ3) is 4.88. The highest BCUT2D eigenvalue weighted by molar-refractivity contribution is 7.15. The molecule has 0 unspecified atom stereocenters. The zero-order valence-electron chi connectivity index (χ0n) is 10.9. The van der Waals surface area contributed by atoms with Gasteiger partial charge in [0.05, 0.1) is 6.10 Å². The number of aromatic nitrogens is 2. The summed E-state index contributed by atoms with van der Waals surface area (Å²) in [6.45, 7) is 3.09. The summed E-state index contributed by atoms with van der Waals surface area (Å²) in [5.74, 6) is 0. The highest BCUT2D eigenvalue weighted by atomic mass is 32.1. The summed E-state index contributed by atoms with van der Waals surface area (Å²) in [6.07, 6.45) is -1.37. The predicted octanol–water partition coefficient (Wildman–Crippen LogP) is 2.13. The first-order chi connectivity index (χ1) is 9.55. The van der Waals surface area contributed by atoms with Crippen LogP contribution in [0.4, 0.5) is 18.3 Å². The summed E-state index contributed by atoms with van der Waals surface area (Å²) >= 11 is 0.519. The second-order valence-electron chi connectivity index (χ2n) is 4.51. The molecule has 0 aromatic carbocycles. The molecule has 1 aliphatic heterocycles. The monoisotopic (exact) mass is 310 g/mol. The van der Waals surface area contributed by atoms with E-state index in [4.69, 9.17) is 4.74 Å². The number of alkyl halides is 3. The molecule has 20 heavy (non-hydrogen) atoms. The molecule has 0 radical (unpaired) electrons. The van der Waals surface area contributed by atoms with Crippen molar-refractivity contribution in [3.8, 4) is 0 Å². The van der Waals surface area contributed by atoms with Crippen LogP contribution in [0.5, 0.6) is 0 Å². The van der Waals surface area contributed by atoms with Crippen molar-refractivity contribution in [1.29, 1.82) is 0 Å². The lowest BCUT2D eigenvalue weighted by molar-refractivity contribution is -0.138. The Morgan fingerprint density at radius 2 is 2.05 bits per heavy atom. The van der Waals surface area contributed by atoms with Crippen LogP contribution in [0.2, 0.25) is 0 Å². The number of piperidine rings is 1. The normalized spacial score (nSPS) is 17.4. The standard InChI is InChI=1S/C11H17F3N4OS/c12-11(13,14)9-17-18-10(20-9)16-4-1-7-19-8-2-5-15-6-3-8/h8,15H,1-7H2,(H,16,18). The molecule has 5 nitrogen and oxygen atoms in total. The maximum absolute atomic E-state index is 12.3. The van der Waals surface area contributed by atoms with Gasteiger partial charge in [-0.3, -0.25) is 0 Å². The van der Waals surface area contributed by atoms with Crippen molar-refractivity contribution in [2.75, 3.05) is 31.6 Å². The van der Waals surface area contributed by atoms with Crippen LogP contribution < -0.4 is 10.6 Å². The molecule has 1 fully saturated rings. The van der Waals surface area contributed by atoms with Crippen molar-refractivity contribution in [2.45, 2.75) is 31.5 Å². The van der Waals surface area contributed by atoms with Gasteiger partial charge >= 0.3 is 6.18 Å². The molecule has 0 amide bonds. The molecule has 2 heterocycles. The lowest BCUT2D eigenvalue weighted by Crippen LogP contribution is -2.32. The van der Waals surface area contributed by atoms with E-state index in [1.807, 2.05) is 0 Å². The Balaban J connectivity index is 1.60. The Morgan fingerprint density at radius 1 is 1.30 bits per heavy atom. The third-order valence-electron chi connectivity index (χ3n) is 2.90. The van der Waals surface area contributed by atoms with Crippen LogP contribution in [0.3, 0.4) is 0 Å². The van der Waals surface area contributed by atoms with E-state index < -0.39 is 11.2 Å². The number of rotatable bonds is 6. The SMILES string of the molecule is FC(F)(F)c1nnc(NCCCOC2CCNCC2)s1. The van der Waals surface area contributed by atoms with Crippen LogP contribution in [0, 0.1) is 0 Å². The van der Waals surface area contributed by atoms with Gasteiger partial charge in [-0.25, -0.2) is 0 Å². The van der Waals surface area contributed by atoms with Crippen molar-refractivity contribution < 1.29 is 17.9 Å². The minimum atomic E-state index is -4.42. The van der Waals surface area contributed by atoms with Gasteiger partial charge in [0.25, 0.3) is 0 Å². The predicted molar refractivity (Wildman–Crippen MR) is 69.9 cm³/mol. The van der Waals surface area contributed by atoms with E-state index in [2.05, 4.69) is 20.8 Å². The average Bonchev–Trinajstić information content (AvgIpc) is 2.88. The summed E-state index contributed by atoms with van der Waals surface area (Å²) in [6, 6.07) is 0. The second kappa shape index (κ2) is 7.19. The number of hydrogen-bond acceptors (Lipinski definition) is 6. The number of hydrogen-bond donors (Lipinski definition) is 2. The Labute approximate surface area is 118 Å². The van der Waals surface area contributed by atoms with Crippen molar-refractivity contribution in [1.82, 2.24) is 15.5 Å². The number of nitrogens with zero attached hydrogens (tertiary/aromatic N) is 2. The summed E-state index contributed by atoms with van der Waals surface area (Å²) in [7, 11) is 0. The smallest absolute Gasteiger partial charge is 0.378 e. The van der Waals surface area contributed by atoms with Crippen LogP contribution in [0.25, 0.3) is 0 Å². The number of halogens is 3. The van der Waals surface area contributed by atoms with E-state index in [1.165, 1.54) is 0 Å². The molecular formula is C11H17F3N4OS. The van der Waals surface area contributed by atoms with Gasteiger partial charge in [-0.05, 0) is 32.4 Å². The number of anilines is 1. The van der Waals surface area contributed by atoms with Gasteiger partial charge in [0.2, 0.25) is 10.1 Å². The minimum Gasteiger partial charge on any atom is -0.378 e. The minimum absolute atomic E-state index is 0.194. The lowest BCUT2D eigenvalue weighted by Gasteiger charge is -2.22. The zero-order valence-corrected chi connectivity index (χ0v) is 11.7. The highest BCUT2D eigenvalue weighted by Crippen LogP contribution is 2.32. The molecule has 0 spiro atoms. The van der Waals surface area contributed by atoms with Crippen molar-refractivity contribution >= 4 is 16.5 Å². The molecule has 2 N–H and O–H groups in total. The first-order valence-corrected chi connectivity index (χ1v) is 7.34. The quantitative estimate of drug-likeness (QED) is 0.788. The molecular weight excluding hydrogens is 293 g/mol. The summed E-state index contributed by atoms with van der Waals surface area (Å²) < 4.78 is 42.6. The van der Waals surface area contributed by atoms with Crippen LogP contribution in [-0.4, -0.2) is 42.5 Å². The Bertz CT molecular complexity index is 407. The number of nitrogens with one attached hydrogen (secondary N) is 2. The van der Waals surface area contributed by atoms with Gasteiger partial charge in [-0.15, -0.1) is 10.2 Å². The Morgan fingerprint density at radius 3 is 2.70 bits per heavy atom. The van der Waals surface area contributed by atoms with Crippen LogP contribution >= 0.6 is 11.3 Å². The lowest BCUT2D eigenvalue weighted by atomic mass is 10.1. The van der Waals surface area contributed by atoms with Crippen molar-refractivity contribution in [2.24, 2.45) is 0 Å².